The Morgan fingerprint density at radius 3 is 2.48 bits per heavy atom. The van der Waals surface area contributed by atoms with Gasteiger partial charge in [-0.15, -0.1) is 0 Å². The van der Waals surface area contributed by atoms with Crippen molar-refractivity contribution in [3.63, 3.8) is 0 Å². The van der Waals surface area contributed by atoms with Crippen LogP contribution in [-0.4, -0.2) is 31.6 Å². The van der Waals surface area contributed by atoms with Crippen LogP contribution in [0.4, 0.5) is 0 Å². The Labute approximate surface area is 134 Å². The zero-order valence-corrected chi connectivity index (χ0v) is 14.2. The van der Waals surface area contributed by atoms with E-state index in [9.17, 15) is 0 Å². The molecule has 1 atom stereocenters. The van der Waals surface area contributed by atoms with Gasteiger partial charge in [0.05, 0.1) is 0 Å². The van der Waals surface area contributed by atoms with Gasteiger partial charge >= 0.3 is 0 Å². The molecule has 1 aliphatic rings. The lowest BCUT2D eigenvalue weighted by Gasteiger charge is -2.29. The summed E-state index contributed by atoms with van der Waals surface area (Å²) in [4.78, 5) is 2.56. The first-order valence-corrected chi connectivity index (χ1v) is 8.72. The number of rotatable bonds is 6. The minimum atomic E-state index is 0.340. The highest BCUT2D eigenvalue weighted by Crippen LogP contribution is 2.26. The predicted molar refractivity (Wildman–Crippen MR) is 92.0 cm³/mol. The van der Waals surface area contributed by atoms with Crippen LogP contribution in [0.3, 0.4) is 0 Å². The van der Waals surface area contributed by atoms with Crippen LogP contribution in [0, 0.1) is 0 Å². The molecule has 118 valence electrons. The minimum Gasteiger partial charge on any atom is -0.313 e. The topological polar surface area (TPSA) is 15.3 Å². The first-order valence-electron chi connectivity index (χ1n) is 8.34. The molecule has 21 heavy (non-hydrogen) atoms. The molecule has 1 saturated carbocycles. The van der Waals surface area contributed by atoms with Crippen LogP contribution >= 0.6 is 11.6 Å². The lowest BCUT2D eigenvalue weighted by atomic mass is 10.0. The van der Waals surface area contributed by atoms with E-state index in [0.29, 0.717) is 6.04 Å². The average Bonchev–Trinajstić information content (AvgIpc) is 2.78. The summed E-state index contributed by atoms with van der Waals surface area (Å²) in [5.41, 5.74) is 1.22. The molecule has 0 aromatic heterocycles. The van der Waals surface area contributed by atoms with Gasteiger partial charge in [-0.05, 0) is 51.5 Å². The summed E-state index contributed by atoms with van der Waals surface area (Å²) in [5, 5.41) is 4.29. The number of nitrogens with one attached hydrogen (secondary N) is 1. The Morgan fingerprint density at radius 1 is 1.19 bits per heavy atom. The second kappa shape index (κ2) is 8.77. The van der Waals surface area contributed by atoms with Crippen molar-refractivity contribution >= 4 is 11.6 Å². The Kier molecular flexibility index (Phi) is 7.01. The third-order valence-corrected chi connectivity index (χ3v) is 5.19. The molecule has 0 radical (unpaired) electrons. The van der Waals surface area contributed by atoms with Crippen LogP contribution in [-0.2, 0) is 0 Å². The summed E-state index contributed by atoms with van der Waals surface area (Å²) in [7, 11) is 4.31. The van der Waals surface area contributed by atoms with Crippen molar-refractivity contribution in [1.29, 1.82) is 0 Å². The smallest absolute Gasteiger partial charge is 0.0453 e. The monoisotopic (exact) mass is 308 g/mol. The van der Waals surface area contributed by atoms with Crippen molar-refractivity contribution in [2.24, 2.45) is 0 Å². The van der Waals surface area contributed by atoms with Gasteiger partial charge in [-0.2, -0.15) is 0 Å². The molecule has 0 amide bonds. The van der Waals surface area contributed by atoms with Crippen molar-refractivity contribution in [2.45, 2.75) is 57.0 Å². The van der Waals surface area contributed by atoms with Gasteiger partial charge in [-0.25, -0.2) is 0 Å². The van der Waals surface area contributed by atoms with Gasteiger partial charge in [0.15, 0.2) is 0 Å². The number of hydrogen-bond acceptors (Lipinski definition) is 2. The summed E-state index contributed by atoms with van der Waals surface area (Å²) in [6.07, 6.45) is 9.48. The molecule has 1 fully saturated rings. The maximum Gasteiger partial charge on any atom is 0.0453 e. The molecule has 1 aromatic rings. The van der Waals surface area contributed by atoms with E-state index in [1.807, 2.05) is 19.2 Å². The standard InChI is InChI=1S/C18H29ClN2/c1-20-18(16-11-7-8-12-17(16)19)13-14-21(2)15-9-5-3-4-6-10-15/h7-8,11-12,15,18,20H,3-6,9-10,13-14H2,1-2H3. The zero-order chi connectivity index (χ0) is 15.1. The third kappa shape index (κ3) is 4.98. The van der Waals surface area contributed by atoms with Crippen molar-refractivity contribution in [3.8, 4) is 0 Å². The molecule has 1 unspecified atom stereocenters. The van der Waals surface area contributed by atoms with Gasteiger partial charge in [0.2, 0.25) is 0 Å². The molecule has 0 aliphatic heterocycles. The van der Waals surface area contributed by atoms with Gasteiger partial charge < -0.3 is 10.2 Å². The molecular formula is C18H29ClN2. The molecule has 0 saturated heterocycles. The molecule has 1 aliphatic carbocycles. The molecule has 1 aromatic carbocycles. The lowest BCUT2D eigenvalue weighted by Crippen LogP contribution is -2.34. The first-order chi connectivity index (χ1) is 10.2. The molecule has 0 bridgehead atoms. The van der Waals surface area contributed by atoms with Crippen LogP contribution in [0.25, 0.3) is 0 Å². The summed E-state index contributed by atoms with van der Waals surface area (Å²) >= 11 is 6.33. The van der Waals surface area contributed by atoms with E-state index in [4.69, 9.17) is 11.6 Å². The summed E-state index contributed by atoms with van der Waals surface area (Å²) in [5.74, 6) is 0. The summed E-state index contributed by atoms with van der Waals surface area (Å²) in [6, 6.07) is 9.30. The van der Waals surface area contributed by atoms with Crippen molar-refractivity contribution < 1.29 is 0 Å². The van der Waals surface area contributed by atoms with Gasteiger partial charge in [0.25, 0.3) is 0 Å². The summed E-state index contributed by atoms with van der Waals surface area (Å²) < 4.78 is 0. The van der Waals surface area contributed by atoms with E-state index in [2.05, 4.69) is 29.4 Å². The predicted octanol–water partition coefficient (Wildman–Crippen LogP) is 4.65. The fourth-order valence-electron chi connectivity index (χ4n) is 3.43. The van der Waals surface area contributed by atoms with Crippen molar-refractivity contribution in [2.75, 3.05) is 20.6 Å². The van der Waals surface area contributed by atoms with E-state index >= 15 is 0 Å². The number of hydrogen-bond donors (Lipinski definition) is 1. The SMILES string of the molecule is CNC(CCN(C)C1CCCCCC1)c1ccccc1Cl. The second-order valence-electron chi connectivity index (χ2n) is 6.28. The minimum absolute atomic E-state index is 0.340. The van der Waals surface area contributed by atoms with E-state index in [-0.39, 0.29) is 0 Å². The van der Waals surface area contributed by atoms with Crippen LogP contribution in [0.5, 0.6) is 0 Å². The number of benzene rings is 1. The molecule has 0 spiro atoms. The molecule has 0 heterocycles. The highest BCUT2D eigenvalue weighted by atomic mass is 35.5. The maximum absolute atomic E-state index is 6.33. The highest BCUT2D eigenvalue weighted by molar-refractivity contribution is 6.31. The summed E-state index contributed by atoms with van der Waals surface area (Å²) in [6.45, 7) is 1.13. The van der Waals surface area contributed by atoms with Crippen LogP contribution in [0.1, 0.15) is 56.6 Å². The maximum atomic E-state index is 6.33. The van der Waals surface area contributed by atoms with E-state index in [1.165, 1.54) is 44.1 Å². The average molecular weight is 309 g/mol. The van der Waals surface area contributed by atoms with E-state index in [0.717, 1.165) is 24.0 Å². The first kappa shape index (κ1) is 16.8. The lowest BCUT2D eigenvalue weighted by molar-refractivity contribution is 0.211. The number of nitrogens with zero attached hydrogens (tertiary/aromatic N) is 1. The third-order valence-electron chi connectivity index (χ3n) is 4.85. The van der Waals surface area contributed by atoms with Crippen molar-refractivity contribution in [3.05, 3.63) is 34.9 Å². The Bertz CT molecular complexity index is 413. The molecule has 3 heteroatoms. The van der Waals surface area contributed by atoms with Gasteiger partial charge in [0.1, 0.15) is 0 Å². The van der Waals surface area contributed by atoms with Crippen LogP contribution in [0.15, 0.2) is 24.3 Å². The van der Waals surface area contributed by atoms with Gasteiger partial charge in [0, 0.05) is 17.1 Å². The largest absolute Gasteiger partial charge is 0.313 e. The van der Waals surface area contributed by atoms with Crippen LogP contribution in [0.2, 0.25) is 5.02 Å². The van der Waals surface area contributed by atoms with Gasteiger partial charge in [-0.3, -0.25) is 0 Å². The molecule has 1 N–H and O–H groups in total. The normalized spacial score (nSPS) is 18.7. The highest BCUT2D eigenvalue weighted by Gasteiger charge is 2.19. The van der Waals surface area contributed by atoms with E-state index < -0.39 is 0 Å². The Balaban J connectivity index is 1.89. The Hall–Kier alpha value is -0.570. The van der Waals surface area contributed by atoms with Gasteiger partial charge in [-0.1, -0.05) is 55.5 Å². The number of halogens is 1. The fraction of sp³-hybridized carbons (Fsp3) is 0.667. The molecule has 2 nitrogen and oxygen atoms in total. The van der Waals surface area contributed by atoms with Crippen molar-refractivity contribution in [1.82, 2.24) is 10.2 Å². The molecular weight excluding hydrogens is 280 g/mol. The van der Waals surface area contributed by atoms with E-state index in [1.54, 1.807) is 0 Å². The van der Waals surface area contributed by atoms with Crippen LogP contribution < -0.4 is 5.32 Å². The zero-order valence-electron chi connectivity index (χ0n) is 13.4. The second-order valence-corrected chi connectivity index (χ2v) is 6.68. The Morgan fingerprint density at radius 2 is 1.86 bits per heavy atom. The quantitative estimate of drug-likeness (QED) is 0.770. The fourth-order valence-corrected chi connectivity index (χ4v) is 3.69. The molecule has 2 rings (SSSR count).